The predicted molar refractivity (Wildman–Crippen MR) is 194 cm³/mol. The van der Waals surface area contributed by atoms with Crippen molar-refractivity contribution in [1.29, 1.82) is 0 Å². The van der Waals surface area contributed by atoms with Gasteiger partial charge in [-0.05, 0) is 62.5 Å². The van der Waals surface area contributed by atoms with Gasteiger partial charge in [-0.3, -0.25) is 24.5 Å². The number of hydrogen-bond donors (Lipinski definition) is 1. The number of anilines is 1. The van der Waals surface area contributed by atoms with Crippen LogP contribution >= 0.6 is 23.5 Å². The summed E-state index contributed by atoms with van der Waals surface area (Å²) in [6.07, 6.45) is 5.18. The maximum atomic E-state index is 13.8. The van der Waals surface area contributed by atoms with E-state index in [2.05, 4.69) is 19.2 Å². The van der Waals surface area contributed by atoms with Gasteiger partial charge in [0.1, 0.15) is 11.6 Å². The zero-order chi connectivity index (χ0) is 35.8. The van der Waals surface area contributed by atoms with Crippen LogP contribution in [0.2, 0.25) is 0 Å². The summed E-state index contributed by atoms with van der Waals surface area (Å²) in [7, 11) is 2.95. The number of ether oxygens (including phenoxy) is 4. The molecular weight excluding hydrogens is 685 g/mol. The fraction of sp³-hybridized carbons (Fsp3) is 0.571. The molecule has 0 aromatic heterocycles. The second kappa shape index (κ2) is 17.4. The molecule has 2 fully saturated rings. The van der Waals surface area contributed by atoms with Crippen LogP contribution in [-0.4, -0.2) is 101 Å². The van der Waals surface area contributed by atoms with Crippen LogP contribution in [0.4, 0.5) is 11.4 Å². The molecule has 2 atom stereocenters. The van der Waals surface area contributed by atoms with Crippen LogP contribution < -0.4 is 24.3 Å². The summed E-state index contributed by atoms with van der Waals surface area (Å²) in [5, 5.41) is 15.0. The van der Waals surface area contributed by atoms with E-state index in [1.807, 2.05) is 23.5 Å². The molecule has 0 spiro atoms. The number of nitro groups is 1. The van der Waals surface area contributed by atoms with Crippen LogP contribution in [0.3, 0.4) is 0 Å². The van der Waals surface area contributed by atoms with Gasteiger partial charge < -0.3 is 34.1 Å². The van der Waals surface area contributed by atoms with Crippen LogP contribution in [0.25, 0.3) is 0 Å². The van der Waals surface area contributed by atoms with Crippen LogP contribution in [0.5, 0.6) is 23.0 Å². The maximum Gasteiger partial charge on any atom is 0.286 e. The number of fused-ring (bicyclic) bond motifs is 2. The molecule has 3 aliphatic heterocycles. The summed E-state index contributed by atoms with van der Waals surface area (Å²) in [5.74, 6) is 2.40. The number of amides is 3. The monoisotopic (exact) mass is 730 g/mol. The van der Waals surface area contributed by atoms with Crippen molar-refractivity contribution in [3.05, 3.63) is 45.5 Å². The van der Waals surface area contributed by atoms with Crippen molar-refractivity contribution in [1.82, 2.24) is 9.80 Å². The number of carbonyl (C=O) groups is 3. The second-order valence-electron chi connectivity index (χ2n) is 12.2. The normalized spacial score (nSPS) is 18.4. The molecule has 0 unspecified atom stereocenters. The zero-order valence-electron chi connectivity index (χ0n) is 29.1. The molecule has 3 heterocycles. The average molecular weight is 731 g/mol. The number of methoxy groups -OCH3 is 2. The van der Waals surface area contributed by atoms with Gasteiger partial charge in [-0.25, -0.2) is 0 Å². The Kier molecular flexibility index (Phi) is 13.0. The van der Waals surface area contributed by atoms with Gasteiger partial charge in [-0.1, -0.05) is 13.8 Å². The molecule has 15 heteroatoms. The third-order valence-electron chi connectivity index (χ3n) is 9.16. The number of likely N-dealkylation sites (tertiary alicyclic amines) is 1. The molecule has 50 heavy (non-hydrogen) atoms. The highest BCUT2D eigenvalue weighted by Gasteiger charge is 2.40. The lowest BCUT2D eigenvalue weighted by molar-refractivity contribution is -0.385. The van der Waals surface area contributed by atoms with Gasteiger partial charge in [0.05, 0.1) is 60.3 Å². The van der Waals surface area contributed by atoms with E-state index in [1.54, 1.807) is 21.9 Å². The minimum absolute atomic E-state index is 0.00233. The molecule has 13 nitrogen and oxygen atoms in total. The molecule has 2 saturated heterocycles. The van der Waals surface area contributed by atoms with E-state index < -0.39 is 11.0 Å². The summed E-state index contributed by atoms with van der Waals surface area (Å²) in [5.41, 5.74) is 0.483. The fourth-order valence-electron chi connectivity index (χ4n) is 6.74. The van der Waals surface area contributed by atoms with Crippen LogP contribution in [0.15, 0.2) is 24.3 Å². The Balaban J connectivity index is 1.17. The third-order valence-corrected chi connectivity index (χ3v) is 11.9. The SMILES string of the molecule is CCSC(SCC)[C@@H]1CCCN1C(=O)c1cc(OC)c(OCCCCCOc2cc3c(cc2OC)C(=O)N2CCC[C@H]2C(=O)N3)cc1[N+](=O)[O-]. The standard InChI is InChI=1S/C35H46N4O9S2/c1-5-49-35(50-6-2)26-13-11-15-38(26)34(42)23-19-29(46-4)31(21-27(23)39(43)44)48-17-9-7-8-16-47-30-20-24-22(18-28(30)45-3)33(41)37-14-10-12-25(37)32(40)36-24/h18-21,25-26,35H,5-17H2,1-4H3,(H,36,40)/t25-,26-/m0/s1. The minimum Gasteiger partial charge on any atom is -0.493 e. The molecule has 2 aromatic rings. The van der Waals surface area contributed by atoms with Crippen molar-refractivity contribution in [3.8, 4) is 23.0 Å². The van der Waals surface area contributed by atoms with E-state index >= 15 is 0 Å². The minimum atomic E-state index is -0.539. The number of unbranched alkanes of at least 4 members (excludes halogenated alkanes) is 2. The largest absolute Gasteiger partial charge is 0.493 e. The zero-order valence-corrected chi connectivity index (χ0v) is 30.7. The Hall–Kier alpha value is -3.85. The van der Waals surface area contributed by atoms with Gasteiger partial charge in [-0.15, -0.1) is 23.5 Å². The maximum absolute atomic E-state index is 13.8. The number of hydrogen-bond acceptors (Lipinski definition) is 11. The Labute approximate surface area is 301 Å². The number of nitrogens with zero attached hydrogens (tertiary/aromatic N) is 3. The molecule has 0 radical (unpaired) electrons. The van der Waals surface area contributed by atoms with E-state index in [4.69, 9.17) is 18.9 Å². The first-order chi connectivity index (χ1) is 24.2. The molecule has 5 rings (SSSR count). The van der Waals surface area contributed by atoms with Crippen molar-refractivity contribution in [2.45, 2.75) is 75.5 Å². The van der Waals surface area contributed by atoms with Gasteiger partial charge in [0.25, 0.3) is 17.5 Å². The quantitative estimate of drug-likeness (QED) is 0.0854. The topological polar surface area (TPSA) is 150 Å². The lowest BCUT2D eigenvalue weighted by Crippen LogP contribution is -2.41. The second-order valence-corrected chi connectivity index (χ2v) is 15.4. The summed E-state index contributed by atoms with van der Waals surface area (Å²) in [6, 6.07) is 5.51. The Morgan fingerprint density at radius 3 is 2.20 bits per heavy atom. The first kappa shape index (κ1) is 37.4. The van der Waals surface area contributed by atoms with E-state index in [-0.39, 0.29) is 57.7 Å². The lowest BCUT2D eigenvalue weighted by Gasteiger charge is -2.31. The molecule has 3 amide bonds. The summed E-state index contributed by atoms with van der Waals surface area (Å²) >= 11 is 3.62. The van der Waals surface area contributed by atoms with Crippen LogP contribution in [0, 0.1) is 10.1 Å². The molecule has 0 saturated carbocycles. The van der Waals surface area contributed by atoms with Crippen LogP contribution in [0.1, 0.15) is 79.5 Å². The highest BCUT2D eigenvalue weighted by atomic mass is 32.2. The Bertz CT molecular complexity index is 1570. The Morgan fingerprint density at radius 1 is 0.920 bits per heavy atom. The van der Waals surface area contributed by atoms with E-state index in [9.17, 15) is 24.5 Å². The molecule has 3 aliphatic rings. The lowest BCUT2D eigenvalue weighted by atomic mass is 10.1. The molecule has 272 valence electrons. The number of thioether (sulfide) groups is 2. The number of benzene rings is 2. The van der Waals surface area contributed by atoms with Crippen molar-refractivity contribution < 1.29 is 38.3 Å². The van der Waals surface area contributed by atoms with E-state index in [0.29, 0.717) is 61.7 Å². The average Bonchev–Trinajstić information content (AvgIpc) is 3.79. The first-order valence-electron chi connectivity index (χ1n) is 17.2. The van der Waals surface area contributed by atoms with Crippen LogP contribution in [-0.2, 0) is 4.79 Å². The fourth-order valence-corrected chi connectivity index (χ4v) is 9.60. The van der Waals surface area contributed by atoms with Crippen molar-refractivity contribution >= 4 is 52.6 Å². The summed E-state index contributed by atoms with van der Waals surface area (Å²) in [4.78, 5) is 54.7. The van der Waals surface area contributed by atoms with Gasteiger partial charge in [0.15, 0.2) is 23.0 Å². The number of carbonyl (C=O) groups excluding carboxylic acids is 3. The van der Waals surface area contributed by atoms with Crippen molar-refractivity contribution in [2.75, 3.05) is 57.3 Å². The number of nitrogens with one attached hydrogen (secondary N) is 1. The smallest absolute Gasteiger partial charge is 0.286 e. The summed E-state index contributed by atoms with van der Waals surface area (Å²) < 4.78 is 23.2. The number of rotatable bonds is 17. The van der Waals surface area contributed by atoms with Crippen molar-refractivity contribution in [2.24, 2.45) is 0 Å². The third kappa shape index (κ3) is 8.20. The molecule has 0 aliphatic carbocycles. The first-order valence-corrected chi connectivity index (χ1v) is 19.3. The van der Waals surface area contributed by atoms with E-state index in [1.165, 1.54) is 26.4 Å². The number of nitro benzene ring substituents is 1. The van der Waals surface area contributed by atoms with Gasteiger partial charge in [0, 0.05) is 25.2 Å². The van der Waals surface area contributed by atoms with Crippen molar-refractivity contribution in [3.63, 3.8) is 0 Å². The summed E-state index contributed by atoms with van der Waals surface area (Å²) in [6.45, 7) is 5.93. The van der Waals surface area contributed by atoms with Gasteiger partial charge >= 0.3 is 0 Å². The molecular formula is C35H46N4O9S2. The highest BCUT2D eigenvalue weighted by Crippen LogP contribution is 2.40. The Morgan fingerprint density at radius 2 is 1.56 bits per heavy atom. The highest BCUT2D eigenvalue weighted by molar-refractivity contribution is 8.17. The van der Waals surface area contributed by atoms with E-state index in [0.717, 1.165) is 37.2 Å². The van der Waals surface area contributed by atoms with Gasteiger partial charge in [-0.2, -0.15) is 0 Å². The predicted octanol–water partition coefficient (Wildman–Crippen LogP) is 6.23. The molecule has 2 aromatic carbocycles. The molecule has 0 bridgehead atoms. The van der Waals surface area contributed by atoms with Gasteiger partial charge in [0.2, 0.25) is 5.91 Å². The molecule has 1 N–H and O–H groups in total.